The fraction of sp³-hybridized carbons (Fsp3) is 0.214. The molecule has 88 valence electrons. The van der Waals surface area contributed by atoms with Gasteiger partial charge in [-0.25, -0.2) is 0 Å². The maximum Gasteiger partial charge on any atom is 0.150 e. The molecule has 3 heteroatoms. The average molecular weight is 245 g/mol. The third kappa shape index (κ3) is 2.56. The Hall–Kier alpha value is -1.61. The standard InChI is InChI=1S/C14H15NOS/c1-11(14-4-3-9-17-14)15(2)13-7-5-12(10-16)6-8-13/h3-11H,1-2H3. The van der Waals surface area contributed by atoms with Crippen LogP contribution in [-0.4, -0.2) is 13.3 Å². The van der Waals surface area contributed by atoms with Crippen LogP contribution in [0, 0.1) is 0 Å². The van der Waals surface area contributed by atoms with Crippen molar-refractivity contribution < 1.29 is 4.79 Å². The highest BCUT2D eigenvalue weighted by atomic mass is 32.1. The summed E-state index contributed by atoms with van der Waals surface area (Å²) >= 11 is 1.76. The van der Waals surface area contributed by atoms with Crippen LogP contribution in [0.2, 0.25) is 0 Å². The van der Waals surface area contributed by atoms with Crippen molar-refractivity contribution in [2.24, 2.45) is 0 Å². The predicted molar refractivity (Wildman–Crippen MR) is 73.0 cm³/mol. The second kappa shape index (κ2) is 5.15. The Kier molecular flexibility index (Phi) is 3.59. The first kappa shape index (κ1) is 11.9. The summed E-state index contributed by atoms with van der Waals surface area (Å²) in [6.45, 7) is 2.18. The molecule has 1 heterocycles. The first-order valence-electron chi connectivity index (χ1n) is 5.54. The van der Waals surface area contributed by atoms with E-state index in [4.69, 9.17) is 0 Å². The lowest BCUT2D eigenvalue weighted by atomic mass is 10.2. The molecule has 0 fully saturated rings. The fourth-order valence-electron chi connectivity index (χ4n) is 1.73. The Morgan fingerprint density at radius 3 is 2.47 bits per heavy atom. The quantitative estimate of drug-likeness (QED) is 0.764. The van der Waals surface area contributed by atoms with E-state index < -0.39 is 0 Å². The third-order valence-corrected chi connectivity index (χ3v) is 4.01. The lowest BCUT2D eigenvalue weighted by molar-refractivity contribution is 0.112. The molecule has 1 atom stereocenters. The monoisotopic (exact) mass is 245 g/mol. The molecule has 2 rings (SSSR count). The first-order chi connectivity index (χ1) is 8.22. The summed E-state index contributed by atoms with van der Waals surface area (Å²) in [6.07, 6.45) is 0.868. The Morgan fingerprint density at radius 2 is 1.94 bits per heavy atom. The summed E-state index contributed by atoms with van der Waals surface area (Å²) in [7, 11) is 2.07. The van der Waals surface area contributed by atoms with Gasteiger partial charge in [-0.15, -0.1) is 11.3 Å². The molecule has 0 saturated carbocycles. The van der Waals surface area contributed by atoms with E-state index >= 15 is 0 Å². The molecule has 1 unspecified atom stereocenters. The molecule has 17 heavy (non-hydrogen) atoms. The Bertz CT molecular complexity index is 475. The number of carbonyl (C=O) groups excluding carboxylic acids is 1. The highest BCUT2D eigenvalue weighted by Gasteiger charge is 2.12. The molecule has 0 amide bonds. The van der Waals surface area contributed by atoms with Gasteiger partial charge in [0.25, 0.3) is 0 Å². The molecule has 1 aromatic carbocycles. The van der Waals surface area contributed by atoms with Crippen molar-refractivity contribution in [1.29, 1.82) is 0 Å². The number of carbonyl (C=O) groups is 1. The van der Waals surface area contributed by atoms with E-state index in [9.17, 15) is 4.79 Å². The zero-order valence-corrected chi connectivity index (χ0v) is 10.8. The van der Waals surface area contributed by atoms with E-state index in [-0.39, 0.29) is 0 Å². The van der Waals surface area contributed by atoms with Gasteiger partial charge in [0, 0.05) is 23.2 Å². The summed E-state index contributed by atoms with van der Waals surface area (Å²) < 4.78 is 0. The molecule has 0 spiro atoms. The normalized spacial score (nSPS) is 12.1. The van der Waals surface area contributed by atoms with Crippen LogP contribution in [0.25, 0.3) is 0 Å². The van der Waals surface area contributed by atoms with Gasteiger partial charge in [0.1, 0.15) is 6.29 Å². The van der Waals surface area contributed by atoms with Crippen molar-refractivity contribution in [2.75, 3.05) is 11.9 Å². The highest BCUT2D eigenvalue weighted by molar-refractivity contribution is 7.10. The van der Waals surface area contributed by atoms with Crippen LogP contribution in [0.1, 0.15) is 28.2 Å². The molecule has 0 radical (unpaired) electrons. The van der Waals surface area contributed by atoms with E-state index in [1.807, 2.05) is 24.3 Å². The Balaban J connectivity index is 2.18. The predicted octanol–water partition coefficient (Wildman–Crippen LogP) is 3.76. The summed E-state index contributed by atoms with van der Waals surface area (Å²) in [5.41, 5.74) is 1.84. The van der Waals surface area contributed by atoms with E-state index in [0.29, 0.717) is 11.6 Å². The number of hydrogen-bond acceptors (Lipinski definition) is 3. The molecular formula is C14H15NOS. The highest BCUT2D eigenvalue weighted by Crippen LogP contribution is 2.27. The third-order valence-electron chi connectivity index (χ3n) is 2.97. The molecule has 0 N–H and O–H groups in total. The van der Waals surface area contributed by atoms with E-state index in [1.165, 1.54) is 4.88 Å². The van der Waals surface area contributed by atoms with Gasteiger partial charge in [-0.05, 0) is 42.6 Å². The second-order valence-electron chi connectivity index (χ2n) is 4.01. The van der Waals surface area contributed by atoms with Gasteiger partial charge in [0.05, 0.1) is 6.04 Å². The molecule has 2 nitrogen and oxygen atoms in total. The maximum atomic E-state index is 10.6. The van der Waals surface area contributed by atoms with Crippen LogP contribution >= 0.6 is 11.3 Å². The van der Waals surface area contributed by atoms with Gasteiger partial charge in [-0.3, -0.25) is 4.79 Å². The number of aldehydes is 1. The molecule has 0 aliphatic carbocycles. The second-order valence-corrected chi connectivity index (χ2v) is 4.99. The van der Waals surface area contributed by atoms with Crippen LogP contribution in [0.15, 0.2) is 41.8 Å². The molecule has 0 bridgehead atoms. The van der Waals surface area contributed by atoms with Gasteiger partial charge in [0.2, 0.25) is 0 Å². The molecule has 0 aliphatic rings. The largest absolute Gasteiger partial charge is 0.367 e. The fourth-order valence-corrected chi connectivity index (χ4v) is 2.56. The van der Waals surface area contributed by atoms with Crippen molar-refractivity contribution in [3.8, 4) is 0 Å². The lowest BCUT2D eigenvalue weighted by Crippen LogP contribution is -2.20. The number of hydrogen-bond donors (Lipinski definition) is 0. The molecule has 0 saturated heterocycles. The summed E-state index contributed by atoms with van der Waals surface area (Å²) in [5.74, 6) is 0. The zero-order valence-electron chi connectivity index (χ0n) is 9.96. The maximum absolute atomic E-state index is 10.6. The Morgan fingerprint density at radius 1 is 1.24 bits per heavy atom. The smallest absolute Gasteiger partial charge is 0.150 e. The van der Waals surface area contributed by atoms with Crippen molar-refractivity contribution in [3.05, 3.63) is 52.2 Å². The first-order valence-corrected chi connectivity index (χ1v) is 6.42. The van der Waals surface area contributed by atoms with Gasteiger partial charge >= 0.3 is 0 Å². The van der Waals surface area contributed by atoms with Crippen molar-refractivity contribution in [2.45, 2.75) is 13.0 Å². The molecule has 1 aromatic heterocycles. The molecule has 2 aromatic rings. The number of nitrogens with zero attached hydrogens (tertiary/aromatic N) is 1. The van der Waals surface area contributed by atoms with E-state index in [1.54, 1.807) is 11.3 Å². The average Bonchev–Trinajstić information content (AvgIpc) is 2.91. The van der Waals surface area contributed by atoms with Crippen molar-refractivity contribution in [1.82, 2.24) is 0 Å². The summed E-state index contributed by atoms with van der Waals surface area (Å²) in [5, 5.41) is 2.09. The van der Waals surface area contributed by atoms with Crippen LogP contribution < -0.4 is 4.90 Å². The van der Waals surface area contributed by atoms with Crippen molar-refractivity contribution in [3.63, 3.8) is 0 Å². The molecule has 0 aliphatic heterocycles. The van der Waals surface area contributed by atoms with Crippen LogP contribution in [-0.2, 0) is 0 Å². The zero-order chi connectivity index (χ0) is 12.3. The van der Waals surface area contributed by atoms with Gasteiger partial charge in [-0.2, -0.15) is 0 Å². The lowest BCUT2D eigenvalue weighted by Gasteiger charge is -2.26. The Labute approximate surface area is 106 Å². The summed E-state index contributed by atoms with van der Waals surface area (Å²) in [4.78, 5) is 14.1. The van der Waals surface area contributed by atoms with Crippen LogP contribution in [0.3, 0.4) is 0 Å². The van der Waals surface area contributed by atoms with E-state index in [0.717, 1.165) is 12.0 Å². The minimum atomic E-state index is 0.345. The van der Waals surface area contributed by atoms with Gasteiger partial charge in [0.15, 0.2) is 0 Å². The number of benzene rings is 1. The van der Waals surface area contributed by atoms with Gasteiger partial charge in [-0.1, -0.05) is 6.07 Å². The number of anilines is 1. The SMILES string of the molecule is CC(c1cccs1)N(C)c1ccc(C=O)cc1. The van der Waals surface area contributed by atoms with Gasteiger partial charge < -0.3 is 4.90 Å². The number of rotatable bonds is 4. The summed E-state index contributed by atoms with van der Waals surface area (Å²) in [6, 6.07) is 12.2. The minimum absolute atomic E-state index is 0.345. The van der Waals surface area contributed by atoms with E-state index in [2.05, 4.69) is 36.4 Å². The topological polar surface area (TPSA) is 20.3 Å². The molecular weight excluding hydrogens is 230 g/mol. The minimum Gasteiger partial charge on any atom is -0.367 e. The van der Waals surface area contributed by atoms with Crippen LogP contribution in [0.5, 0.6) is 0 Å². The number of thiophene rings is 1. The van der Waals surface area contributed by atoms with Crippen LogP contribution in [0.4, 0.5) is 5.69 Å². The van der Waals surface area contributed by atoms with Crippen molar-refractivity contribution >= 4 is 23.3 Å².